The molecule has 0 heterocycles. The average molecular weight is 221 g/mol. The summed E-state index contributed by atoms with van der Waals surface area (Å²) in [6.07, 6.45) is 0.913. The molecule has 0 atom stereocenters. The smallest absolute Gasteiger partial charge is 0.211 e. The van der Waals surface area contributed by atoms with Gasteiger partial charge in [0.2, 0.25) is 10.0 Å². The van der Waals surface area contributed by atoms with Gasteiger partial charge >= 0.3 is 0 Å². The van der Waals surface area contributed by atoms with Crippen LogP contribution in [0.3, 0.4) is 0 Å². The first-order valence-corrected chi connectivity index (χ1v) is 6.45. The highest BCUT2D eigenvalue weighted by atomic mass is 32.2. The van der Waals surface area contributed by atoms with Crippen LogP contribution in [0.15, 0.2) is 0 Å². The zero-order chi connectivity index (χ0) is 11.2. The van der Waals surface area contributed by atoms with Crippen LogP contribution in [0.4, 0.5) is 0 Å². The Morgan fingerprint density at radius 1 is 1.36 bits per heavy atom. The van der Waals surface area contributed by atoms with Crippen molar-refractivity contribution >= 4 is 15.8 Å². The van der Waals surface area contributed by atoms with Gasteiger partial charge in [-0.15, -0.1) is 0 Å². The second kappa shape index (κ2) is 6.14. The predicted octanol–water partition coefficient (Wildman–Crippen LogP) is 0.931. The minimum Gasteiger partial charge on any atom is -0.300 e. The summed E-state index contributed by atoms with van der Waals surface area (Å²) < 4.78 is 25.0. The highest BCUT2D eigenvalue weighted by Crippen LogP contribution is 2.01. The number of hydrogen-bond acceptors (Lipinski definition) is 3. The summed E-state index contributed by atoms with van der Waals surface area (Å²) in [4.78, 5) is 10.6. The van der Waals surface area contributed by atoms with E-state index in [4.69, 9.17) is 0 Å². The summed E-state index contributed by atoms with van der Waals surface area (Å²) >= 11 is 0. The van der Waals surface area contributed by atoms with Gasteiger partial charge in [0, 0.05) is 13.0 Å². The lowest BCUT2D eigenvalue weighted by atomic mass is 10.2. The van der Waals surface area contributed by atoms with E-state index in [0.717, 1.165) is 0 Å². The van der Waals surface area contributed by atoms with Crippen LogP contribution >= 0.6 is 0 Å². The SMILES string of the molecule is CC(=O)CCNS(=O)(=O)CCC(C)C. The van der Waals surface area contributed by atoms with Crippen molar-refractivity contribution in [2.45, 2.75) is 33.6 Å². The Hall–Kier alpha value is -0.420. The fourth-order valence-electron chi connectivity index (χ4n) is 0.846. The molecule has 0 bridgehead atoms. The summed E-state index contributed by atoms with van der Waals surface area (Å²) in [5.41, 5.74) is 0. The van der Waals surface area contributed by atoms with Gasteiger partial charge in [-0.25, -0.2) is 13.1 Å². The topological polar surface area (TPSA) is 63.2 Å². The van der Waals surface area contributed by atoms with Crippen molar-refractivity contribution in [2.24, 2.45) is 5.92 Å². The lowest BCUT2D eigenvalue weighted by Gasteiger charge is -2.07. The fourth-order valence-corrected chi connectivity index (χ4v) is 2.18. The Balaban J connectivity index is 3.79. The third-order valence-corrected chi connectivity index (χ3v) is 3.18. The second-order valence-corrected chi connectivity index (χ2v) is 5.77. The molecule has 0 aromatic heterocycles. The van der Waals surface area contributed by atoms with Crippen LogP contribution in [-0.2, 0) is 14.8 Å². The van der Waals surface area contributed by atoms with Crippen molar-refractivity contribution in [1.82, 2.24) is 4.72 Å². The first kappa shape index (κ1) is 13.6. The third-order valence-electron chi connectivity index (χ3n) is 1.76. The van der Waals surface area contributed by atoms with Crippen LogP contribution in [0.2, 0.25) is 0 Å². The minimum absolute atomic E-state index is 0.00319. The second-order valence-electron chi connectivity index (χ2n) is 3.85. The van der Waals surface area contributed by atoms with E-state index in [1.54, 1.807) is 0 Å². The summed E-state index contributed by atoms with van der Waals surface area (Å²) in [7, 11) is -3.17. The van der Waals surface area contributed by atoms with Crippen molar-refractivity contribution in [3.63, 3.8) is 0 Å². The van der Waals surface area contributed by atoms with Crippen molar-refractivity contribution in [3.05, 3.63) is 0 Å². The molecule has 0 amide bonds. The molecule has 0 rings (SSSR count). The Bertz CT molecular complexity index is 270. The number of nitrogens with one attached hydrogen (secondary N) is 1. The van der Waals surface area contributed by atoms with Crippen LogP contribution in [0.25, 0.3) is 0 Å². The quantitative estimate of drug-likeness (QED) is 0.695. The number of sulfonamides is 1. The Labute approximate surface area is 86.1 Å². The molecule has 4 nitrogen and oxygen atoms in total. The molecule has 0 unspecified atom stereocenters. The van der Waals surface area contributed by atoms with Gasteiger partial charge in [-0.3, -0.25) is 4.79 Å². The summed E-state index contributed by atoms with van der Waals surface area (Å²) in [5, 5.41) is 0. The van der Waals surface area contributed by atoms with Crippen molar-refractivity contribution in [2.75, 3.05) is 12.3 Å². The molecular weight excluding hydrogens is 202 g/mol. The molecule has 0 radical (unpaired) electrons. The molecule has 0 saturated carbocycles. The highest BCUT2D eigenvalue weighted by molar-refractivity contribution is 7.89. The maximum absolute atomic E-state index is 11.3. The monoisotopic (exact) mass is 221 g/mol. The largest absolute Gasteiger partial charge is 0.300 e. The molecule has 0 aliphatic carbocycles. The van der Waals surface area contributed by atoms with Crippen molar-refractivity contribution in [1.29, 1.82) is 0 Å². The van der Waals surface area contributed by atoms with E-state index >= 15 is 0 Å². The maximum atomic E-state index is 11.3. The minimum atomic E-state index is -3.17. The maximum Gasteiger partial charge on any atom is 0.211 e. The van der Waals surface area contributed by atoms with Gasteiger partial charge in [0.1, 0.15) is 5.78 Å². The van der Waals surface area contributed by atoms with Crippen LogP contribution in [0.5, 0.6) is 0 Å². The number of rotatable bonds is 7. The van der Waals surface area contributed by atoms with Gasteiger partial charge in [-0.2, -0.15) is 0 Å². The third kappa shape index (κ3) is 8.19. The lowest BCUT2D eigenvalue weighted by molar-refractivity contribution is -0.116. The molecular formula is C9H19NO3S. The first-order chi connectivity index (χ1) is 6.33. The van der Waals surface area contributed by atoms with E-state index in [1.165, 1.54) is 6.92 Å². The molecule has 1 N–H and O–H groups in total. The van der Waals surface area contributed by atoms with Gasteiger partial charge in [0.25, 0.3) is 0 Å². The van der Waals surface area contributed by atoms with E-state index < -0.39 is 10.0 Å². The molecule has 0 aliphatic heterocycles. The highest BCUT2D eigenvalue weighted by Gasteiger charge is 2.10. The van der Waals surface area contributed by atoms with E-state index in [9.17, 15) is 13.2 Å². The Morgan fingerprint density at radius 2 is 1.93 bits per heavy atom. The van der Waals surface area contributed by atoms with Crippen molar-refractivity contribution < 1.29 is 13.2 Å². The predicted molar refractivity (Wildman–Crippen MR) is 56.5 cm³/mol. The molecule has 0 aromatic carbocycles. The zero-order valence-electron chi connectivity index (χ0n) is 9.04. The number of Topliss-reactive ketones (excluding diaryl/α,β-unsaturated/α-hetero) is 1. The van der Waals surface area contributed by atoms with E-state index in [1.807, 2.05) is 13.8 Å². The number of carbonyl (C=O) groups is 1. The summed E-state index contributed by atoms with van der Waals surface area (Å²) in [6.45, 7) is 5.62. The standard InChI is InChI=1S/C9H19NO3S/c1-8(2)5-7-14(12,13)10-6-4-9(3)11/h8,10H,4-7H2,1-3H3. The van der Waals surface area contributed by atoms with Crippen LogP contribution < -0.4 is 4.72 Å². The zero-order valence-corrected chi connectivity index (χ0v) is 9.86. The van der Waals surface area contributed by atoms with Crippen LogP contribution in [0.1, 0.15) is 33.6 Å². The fraction of sp³-hybridized carbons (Fsp3) is 0.889. The normalized spacial score (nSPS) is 12.0. The molecule has 0 saturated heterocycles. The van der Waals surface area contributed by atoms with E-state index in [-0.39, 0.29) is 24.5 Å². The van der Waals surface area contributed by atoms with Gasteiger partial charge in [0.15, 0.2) is 0 Å². The molecule has 0 fully saturated rings. The first-order valence-electron chi connectivity index (χ1n) is 4.80. The van der Waals surface area contributed by atoms with Gasteiger partial charge < -0.3 is 0 Å². The summed E-state index contributed by atoms with van der Waals surface area (Å²) in [6, 6.07) is 0. The molecule has 0 aliphatic rings. The number of ketones is 1. The van der Waals surface area contributed by atoms with Crippen LogP contribution in [-0.4, -0.2) is 26.5 Å². The molecule has 5 heteroatoms. The van der Waals surface area contributed by atoms with E-state index in [0.29, 0.717) is 12.3 Å². The van der Waals surface area contributed by atoms with Crippen molar-refractivity contribution in [3.8, 4) is 0 Å². The summed E-state index contributed by atoms with van der Waals surface area (Å²) in [5.74, 6) is 0.513. The van der Waals surface area contributed by atoms with Gasteiger partial charge in [-0.1, -0.05) is 13.8 Å². The van der Waals surface area contributed by atoms with E-state index in [2.05, 4.69) is 4.72 Å². The van der Waals surface area contributed by atoms with Gasteiger partial charge in [0.05, 0.1) is 5.75 Å². The molecule has 0 spiro atoms. The van der Waals surface area contributed by atoms with Gasteiger partial charge in [-0.05, 0) is 19.3 Å². The Morgan fingerprint density at radius 3 is 2.36 bits per heavy atom. The average Bonchev–Trinajstić information content (AvgIpc) is 2.00. The molecule has 84 valence electrons. The molecule has 14 heavy (non-hydrogen) atoms. The van der Waals surface area contributed by atoms with Crippen LogP contribution in [0, 0.1) is 5.92 Å². The Kier molecular flexibility index (Phi) is 5.95. The number of carbonyl (C=O) groups excluding carboxylic acids is 1. The molecule has 0 aromatic rings. The lowest BCUT2D eigenvalue weighted by Crippen LogP contribution is -2.28. The number of hydrogen-bond donors (Lipinski definition) is 1.